The standard InChI is InChI=1S/C44H26N4.C32H26N2.C31H24N2/c1-3-16-35-31(12-1)33-14-5-7-18-37(33)41-39(35)25-45-43(47-41)28-22-20-27(21-23-28)29-10-9-11-30(24-29)44-46-26-40-36-17-4-2-13-32(36)34-15-6-8-19-38(34)42(40)48-44;1-32(2,3)24-13-9-11-22(19-24)21-10-8-12-23(18-21)31-33-20-29-27-16-5-4-14-25(27)26-15-6-7-17-28(26)30(29)34-31;1-31(2)26-19-10-9-18-25(26)29-27(31)28(22-14-7-4-8-15-22)32-30(33-29)24-17-11-16-23(20-24)21-12-5-3-6-13-21/h1-26H;4-20H,1-3H3;3-20H,1-2H3. The molecular formula is C107H76N8. The fourth-order valence-electron chi connectivity index (χ4n) is 17.1. The molecule has 115 heavy (non-hydrogen) atoms. The third-order valence-corrected chi connectivity index (χ3v) is 22.9. The van der Waals surface area contributed by atoms with Gasteiger partial charge in [-0.2, -0.15) is 0 Å². The van der Waals surface area contributed by atoms with E-state index < -0.39 is 0 Å². The summed E-state index contributed by atoms with van der Waals surface area (Å²) in [7, 11) is 0. The molecule has 8 nitrogen and oxygen atoms in total. The third kappa shape index (κ3) is 12.6. The molecule has 0 spiro atoms. The van der Waals surface area contributed by atoms with E-state index >= 15 is 0 Å². The smallest absolute Gasteiger partial charge is 0.160 e. The molecule has 22 rings (SSSR count). The first-order chi connectivity index (χ1) is 56.4. The zero-order chi connectivity index (χ0) is 77.3. The van der Waals surface area contributed by atoms with Crippen LogP contribution >= 0.6 is 0 Å². The summed E-state index contributed by atoms with van der Waals surface area (Å²) in [5.74, 6) is 2.94. The number of nitrogens with zero attached hydrogens (tertiary/aromatic N) is 8. The SMILES string of the molecule is CC(C)(C)c1cccc(-c2cccc(-c3ncc4c5ccccc5c5ccccc5c4n3)c2)c1.CC1(C)c2ccccc2-c2nc(-c3cccc(-c4ccccc4)c3)nc(-c3ccccc3)c21.c1cc(-c2ccc(-c3ncc4c5ccccc5c5ccccc5c4n3)cc2)cc(-c2ncc3c4ccccc4c4ccccc4c3n2)c1. The number of benzene rings is 17. The molecule has 4 aromatic heterocycles. The van der Waals surface area contributed by atoms with Crippen LogP contribution < -0.4 is 0 Å². The van der Waals surface area contributed by atoms with Crippen molar-refractivity contribution in [2.24, 2.45) is 0 Å². The zero-order valence-corrected chi connectivity index (χ0v) is 64.3. The average molecular weight is 1470 g/mol. The predicted octanol–water partition coefficient (Wildman–Crippen LogP) is 27.5. The van der Waals surface area contributed by atoms with Crippen LogP contribution in [0.2, 0.25) is 0 Å². The van der Waals surface area contributed by atoms with Gasteiger partial charge in [0.1, 0.15) is 0 Å². The van der Waals surface area contributed by atoms with Crippen LogP contribution in [0.3, 0.4) is 0 Å². The lowest BCUT2D eigenvalue weighted by atomic mass is 9.81. The largest absolute Gasteiger partial charge is 0.236 e. The quantitative estimate of drug-likeness (QED) is 0.139. The number of fused-ring (bicyclic) bond motifs is 21. The van der Waals surface area contributed by atoms with E-state index in [1.165, 1.54) is 93.0 Å². The summed E-state index contributed by atoms with van der Waals surface area (Å²) in [5, 5.41) is 17.5. The van der Waals surface area contributed by atoms with Gasteiger partial charge in [-0.1, -0.05) is 368 Å². The maximum Gasteiger partial charge on any atom is 0.160 e. The Kier molecular flexibility index (Phi) is 17.3. The van der Waals surface area contributed by atoms with Gasteiger partial charge in [-0.15, -0.1) is 0 Å². The van der Waals surface area contributed by atoms with Gasteiger partial charge in [0.05, 0.1) is 27.9 Å². The number of hydrogen-bond donors (Lipinski definition) is 0. The first-order valence-electron chi connectivity index (χ1n) is 39.3. The lowest BCUT2D eigenvalue weighted by Gasteiger charge is -2.23. The molecule has 0 aliphatic heterocycles. The van der Waals surface area contributed by atoms with Crippen molar-refractivity contribution in [2.45, 2.75) is 45.4 Å². The Hall–Kier alpha value is -14.6. The number of rotatable bonds is 8. The number of hydrogen-bond acceptors (Lipinski definition) is 8. The van der Waals surface area contributed by atoms with E-state index in [0.29, 0.717) is 11.6 Å². The molecule has 0 bridgehead atoms. The van der Waals surface area contributed by atoms with Crippen LogP contribution in [0.5, 0.6) is 0 Å². The minimum Gasteiger partial charge on any atom is -0.236 e. The summed E-state index contributed by atoms with van der Waals surface area (Å²) >= 11 is 0. The fourth-order valence-corrected chi connectivity index (χ4v) is 17.1. The van der Waals surface area contributed by atoms with Gasteiger partial charge in [-0.05, 0) is 117 Å². The molecule has 1 aliphatic rings. The molecule has 0 N–H and O–H groups in total. The van der Waals surface area contributed by atoms with E-state index in [0.717, 1.165) is 111 Å². The van der Waals surface area contributed by atoms with E-state index in [4.69, 9.17) is 39.9 Å². The first kappa shape index (κ1) is 69.6. The molecule has 0 atom stereocenters. The Morgan fingerprint density at radius 3 is 0.948 bits per heavy atom. The van der Waals surface area contributed by atoms with Gasteiger partial charge < -0.3 is 0 Å². The lowest BCUT2D eigenvalue weighted by molar-refractivity contribution is 0.590. The minimum absolute atomic E-state index is 0.110. The molecule has 21 aromatic rings. The monoisotopic (exact) mass is 1470 g/mol. The highest BCUT2D eigenvalue weighted by Crippen LogP contribution is 2.52. The van der Waals surface area contributed by atoms with E-state index in [2.05, 4.69) is 380 Å². The van der Waals surface area contributed by atoms with E-state index in [1.807, 2.05) is 24.7 Å². The van der Waals surface area contributed by atoms with Crippen molar-refractivity contribution in [3.63, 3.8) is 0 Å². The van der Waals surface area contributed by atoms with Crippen molar-refractivity contribution in [3.05, 3.63) is 387 Å². The Balaban J connectivity index is 0.000000115. The van der Waals surface area contributed by atoms with Gasteiger partial charge in [0.15, 0.2) is 23.3 Å². The molecule has 544 valence electrons. The average Bonchev–Trinajstić information content (AvgIpc) is 1.67. The molecule has 0 saturated heterocycles. The highest BCUT2D eigenvalue weighted by molar-refractivity contribution is 6.26. The topological polar surface area (TPSA) is 103 Å². The van der Waals surface area contributed by atoms with Gasteiger partial charge in [0.25, 0.3) is 0 Å². The highest BCUT2D eigenvalue weighted by atomic mass is 14.9. The Bertz CT molecular complexity index is 7310. The summed E-state index contributed by atoms with van der Waals surface area (Å²) in [6, 6.07) is 123. The molecule has 17 aromatic carbocycles. The molecule has 0 unspecified atom stereocenters. The maximum atomic E-state index is 5.19. The van der Waals surface area contributed by atoms with Crippen LogP contribution in [0.15, 0.2) is 370 Å². The van der Waals surface area contributed by atoms with Gasteiger partial charge in [-0.3, -0.25) is 0 Å². The van der Waals surface area contributed by atoms with E-state index in [1.54, 1.807) is 0 Å². The molecule has 8 heteroatoms. The van der Waals surface area contributed by atoms with Gasteiger partial charge in [0.2, 0.25) is 0 Å². The lowest BCUT2D eigenvalue weighted by Crippen LogP contribution is -2.17. The zero-order valence-electron chi connectivity index (χ0n) is 64.3. The van der Waals surface area contributed by atoms with Crippen molar-refractivity contribution in [1.82, 2.24) is 39.9 Å². The summed E-state index contributed by atoms with van der Waals surface area (Å²) < 4.78 is 0. The summed E-state index contributed by atoms with van der Waals surface area (Å²) in [4.78, 5) is 40.2. The molecule has 0 amide bonds. The van der Waals surface area contributed by atoms with Crippen molar-refractivity contribution >= 4 is 97.3 Å². The van der Waals surface area contributed by atoms with Crippen LogP contribution in [-0.2, 0) is 10.8 Å². The molecule has 4 heterocycles. The summed E-state index contributed by atoms with van der Waals surface area (Å²) in [6.45, 7) is 11.3. The molecule has 1 aliphatic carbocycles. The van der Waals surface area contributed by atoms with Crippen LogP contribution in [0.4, 0.5) is 0 Å². The van der Waals surface area contributed by atoms with Crippen LogP contribution in [-0.4, -0.2) is 39.9 Å². The van der Waals surface area contributed by atoms with Gasteiger partial charge in [-0.25, -0.2) is 39.9 Å². The predicted molar refractivity (Wildman–Crippen MR) is 479 cm³/mol. The Morgan fingerprint density at radius 1 is 0.217 bits per heavy atom. The van der Waals surface area contributed by atoms with Crippen molar-refractivity contribution < 1.29 is 0 Å². The minimum atomic E-state index is -0.165. The van der Waals surface area contributed by atoms with Crippen molar-refractivity contribution in [3.8, 4) is 101 Å². The molecule has 0 fully saturated rings. The van der Waals surface area contributed by atoms with E-state index in [9.17, 15) is 0 Å². The molecular weight excluding hydrogens is 1400 g/mol. The maximum absolute atomic E-state index is 5.19. The van der Waals surface area contributed by atoms with Crippen LogP contribution in [0, 0.1) is 0 Å². The Morgan fingerprint density at radius 2 is 0.513 bits per heavy atom. The molecule has 0 radical (unpaired) electrons. The van der Waals surface area contributed by atoms with Crippen LogP contribution in [0.1, 0.15) is 51.3 Å². The van der Waals surface area contributed by atoms with Crippen molar-refractivity contribution in [1.29, 1.82) is 0 Å². The van der Waals surface area contributed by atoms with E-state index in [-0.39, 0.29) is 10.8 Å². The second-order valence-electron chi connectivity index (χ2n) is 31.3. The van der Waals surface area contributed by atoms with Gasteiger partial charge in [0, 0.05) is 95.3 Å². The number of aromatic nitrogens is 8. The normalized spacial score (nSPS) is 12.3. The first-order valence-corrected chi connectivity index (χ1v) is 39.3. The van der Waals surface area contributed by atoms with Gasteiger partial charge >= 0.3 is 0 Å². The van der Waals surface area contributed by atoms with Crippen molar-refractivity contribution in [2.75, 3.05) is 0 Å². The summed E-state index contributed by atoms with van der Waals surface area (Å²) in [6.07, 6.45) is 5.93. The third-order valence-electron chi connectivity index (χ3n) is 22.9. The molecule has 0 saturated carbocycles. The summed E-state index contributed by atoms with van der Waals surface area (Å²) in [5.41, 5.74) is 22.1. The fraction of sp³-hybridized carbons (Fsp3) is 0.0654. The second-order valence-corrected chi connectivity index (χ2v) is 31.3. The Labute approximate surface area is 667 Å². The van der Waals surface area contributed by atoms with Crippen LogP contribution in [0.25, 0.3) is 199 Å². The highest BCUT2D eigenvalue weighted by Gasteiger charge is 2.40. The second kappa shape index (κ2) is 28.6.